The predicted molar refractivity (Wildman–Crippen MR) is 62.3 cm³/mol. The lowest BCUT2D eigenvalue weighted by molar-refractivity contribution is 0.373. The van der Waals surface area contributed by atoms with Gasteiger partial charge < -0.3 is 20.1 Å². The van der Waals surface area contributed by atoms with Gasteiger partial charge >= 0.3 is 0 Å². The van der Waals surface area contributed by atoms with Crippen molar-refractivity contribution >= 4 is 21.8 Å². The third-order valence-electron chi connectivity index (χ3n) is 2.06. The average molecular weight is 285 g/mol. The topological polar surface area (TPSA) is 81.5 Å². The Balaban J connectivity index is 2.60. The van der Waals surface area contributed by atoms with Crippen LogP contribution in [-0.2, 0) is 0 Å². The fraction of sp³-hybridized carbons (Fsp3) is 0.100. The monoisotopic (exact) mass is 284 g/mol. The molecule has 84 valence electrons. The van der Waals surface area contributed by atoms with Gasteiger partial charge in [0.25, 0.3) is 0 Å². The summed E-state index contributed by atoms with van der Waals surface area (Å²) in [6, 6.07) is 4.89. The molecule has 0 spiro atoms. The number of anilines is 1. The lowest BCUT2D eigenvalue weighted by atomic mass is 10.1. The van der Waals surface area contributed by atoms with Crippen molar-refractivity contribution < 1.29 is 14.4 Å². The lowest BCUT2D eigenvalue weighted by Crippen LogP contribution is -1.87. The van der Waals surface area contributed by atoms with Gasteiger partial charge in [-0.05, 0) is 12.1 Å². The van der Waals surface area contributed by atoms with Gasteiger partial charge in [0.2, 0.25) is 5.88 Å². The van der Waals surface area contributed by atoms with Crippen LogP contribution in [0.4, 0.5) is 5.88 Å². The SMILES string of the molecule is COc1cc(Br)cc(-c2cc(N)on2)c1O. The van der Waals surface area contributed by atoms with Crippen LogP contribution in [0.25, 0.3) is 11.3 Å². The Bertz CT molecular complexity index is 525. The second kappa shape index (κ2) is 4.05. The third-order valence-corrected chi connectivity index (χ3v) is 2.52. The third kappa shape index (κ3) is 1.83. The number of phenols is 1. The Labute approximate surface area is 99.9 Å². The first-order valence-electron chi connectivity index (χ1n) is 4.41. The van der Waals surface area contributed by atoms with Crippen molar-refractivity contribution in [2.75, 3.05) is 12.8 Å². The molecule has 0 aliphatic rings. The molecule has 0 bridgehead atoms. The van der Waals surface area contributed by atoms with Crippen LogP contribution in [0, 0.1) is 0 Å². The van der Waals surface area contributed by atoms with E-state index in [0.717, 1.165) is 4.47 Å². The second-order valence-corrected chi connectivity index (χ2v) is 4.03. The molecule has 1 aromatic carbocycles. The maximum atomic E-state index is 9.91. The summed E-state index contributed by atoms with van der Waals surface area (Å²) in [4.78, 5) is 0. The number of nitrogens with two attached hydrogens (primary N) is 1. The van der Waals surface area contributed by atoms with E-state index in [1.54, 1.807) is 12.1 Å². The number of benzene rings is 1. The van der Waals surface area contributed by atoms with Gasteiger partial charge in [0.05, 0.1) is 12.7 Å². The Hall–Kier alpha value is -1.69. The molecule has 6 heteroatoms. The Kier molecular flexibility index (Phi) is 2.74. The fourth-order valence-electron chi connectivity index (χ4n) is 1.34. The summed E-state index contributed by atoms with van der Waals surface area (Å²) >= 11 is 3.31. The average Bonchev–Trinajstić information content (AvgIpc) is 2.67. The number of nitrogens with zero attached hydrogens (tertiary/aromatic N) is 1. The van der Waals surface area contributed by atoms with Gasteiger partial charge in [0.15, 0.2) is 11.5 Å². The van der Waals surface area contributed by atoms with Crippen molar-refractivity contribution in [3.63, 3.8) is 0 Å². The van der Waals surface area contributed by atoms with Crippen molar-refractivity contribution in [2.24, 2.45) is 0 Å². The minimum atomic E-state index is -0.000926. The van der Waals surface area contributed by atoms with E-state index in [4.69, 9.17) is 15.0 Å². The first-order chi connectivity index (χ1) is 7.61. The first-order valence-corrected chi connectivity index (χ1v) is 5.20. The largest absolute Gasteiger partial charge is 0.504 e. The molecule has 0 aliphatic heterocycles. The van der Waals surface area contributed by atoms with E-state index in [9.17, 15) is 5.11 Å². The molecule has 1 heterocycles. The molecule has 0 saturated heterocycles. The van der Waals surface area contributed by atoms with E-state index in [2.05, 4.69) is 21.1 Å². The van der Waals surface area contributed by atoms with Crippen LogP contribution < -0.4 is 10.5 Å². The summed E-state index contributed by atoms with van der Waals surface area (Å²) in [5.74, 6) is 0.540. The zero-order valence-corrected chi connectivity index (χ0v) is 9.98. The number of phenolic OH excluding ortho intramolecular Hbond substituents is 1. The molecule has 0 unspecified atom stereocenters. The normalized spacial score (nSPS) is 10.4. The van der Waals surface area contributed by atoms with Crippen molar-refractivity contribution in [2.45, 2.75) is 0 Å². The van der Waals surface area contributed by atoms with Crippen LogP contribution in [0.1, 0.15) is 0 Å². The number of hydrogen-bond acceptors (Lipinski definition) is 5. The van der Waals surface area contributed by atoms with Crippen LogP contribution in [0.15, 0.2) is 27.2 Å². The van der Waals surface area contributed by atoms with E-state index in [0.29, 0.717) is 17.0 Å². The maximum absolute atomic E-state index is 9.91. The summed E-state index contributed by atoms with van der Waals surface area (Å²) in [6.45, 7) is 0. The number of aromatic hydroxyl groups is 1. The van der Waals surface area contributed by atoms with Crippen molar-refractivity contribution in [3.05, 3.63) is 22.7 Å². The molecule has 0 radical (unpaired) electrons. The highest BCUT2D eigenvalue weighted by molar-refractivity contribution is 9.10. The van der Waals surface area contributed by atoms with Crippen molar-refractivity contribution in [1.82, 2.24) is 5.16 Å². The number of hydrogen-bond donors (Lipinski definition) is 2. The highest BCUT2D eigenvalue weighted by Crippen LogP contribution is 2.39. The van der Waals surface area contributed by atoms with Gasteiger partial charge in [-0.1, -0.05) is 21.1 Å². The number of nitrogen functional groups attached to an aromatic ring is 1. The van der Waals surface area contributed by atoms with Crippen LogP contribution in [0.2, 0.25) is 0 Å². The van der Waals surface area contributed by atoms with Crippen LogP contribution >= 0.6 is 15.9 Å². The summed E-state index contributed by atoms with van der Waals surface area (Å²) in [7, 11) is 1.47. The molecule has 0 saturated carbocycles. The predicted octanol–water partition coefficient (Wildman–Crippen LogP) is 2.40. The zero-order valence-electron chi connectivity index (χ0n) is 8.40. The number of aromatic nitrogens is 1. The van der Waals surface area contributed by atoms with E-state index < -0.39 is 0 Å². The highest BCUT2D eigenvalue weighted by atomic mass is 79.9. The second-order valence-electron chi connectivity index (χ2n) is 3.12. The van der Waals surface area contributed by atoms with Gasteiger partial charge in [-0.15, -0.1) is 0 Å². The minimum Gasteiger partial charge on any atom is -0.504 e. The Morgan fingerprint density at radius 3 is 2.75 bits per heavy atom. The van der Waals surface area contributed by atoms with E-state index >= 15 is 0 Å². The molecule has 5 nitrogen and oxygen atoms in total. The molecule has 2 rings (SSSR count). The van der Waals surface area contributed by atoms with Crippen LogP contribution in [0.3, 0.4) is 0 Å². The molecule has 0 aliphatic carbocycles. The van der Waals surface area contributed by atoms with E-state index in [-0.39, 0.29) is 11.6 Å². The van der Waals surface area contributed by atoms with Crippen LogP contribution in [0.5, 0.6) is 11.5 Å². The van der Waals surface area contributed by atoms with Gasteiger partial charge in [0.1, 0.15) is 5.69 Å². The zero-order chi connectivity index (χ0) is 11.7. The fourth-order valence-corrected chi connectivity index (χ4v) is 1.78. The van der Waals surface area contributed by atoms with Gasteiger partial charge in [-0.3, -0.25) is 0 Å². The molecule has 2 aromatic rings. The summed E-state index contributed by atoms with van der Waals surface area (Å²) in [5, 5.41) is 13.6. The molecule has 0 amide bonds. The van der Waals surface area contributed by atoms with Crippen molar-refractivity contribution in [3.8, 4) is 22.8 Å². The standard InChI is InChI=1S/C10H9BrN2O3/c1-15-8-3-5(11)2-6(10(8)14)7-4-9(12)16-13-7/h2-4,14H,12H2,1H3. The summed E-state index contributed by atoms with van der Waals surface area (Å²) < 4.78 is 10.5. The molecular formula is C10H9BrN2O3. The number of methoxy groups -OCH3 is 1. The smallest absolute Gasteiger partial charge is 0.222 e. The summed E-state index contributed by atoms with van der Waals surface area (Å²) in [6.07, 6.45) is 0. The molecule has 0 fully saturated rings. The molecule has 0 atom stereocenters. The number of rotatable bonds is 2. The maximum Gasteiger partial charge on any atom is 0.222 e. The number of halogens is 1. The van der Waals surface area contributed by atoms with Gasteiger partial charge in [0, 0.05) is 10.5 Å². The Morgan fingerprint density at radius 1 is 1.44 bits per heavy atom. The lowest BCUT2D eigenvalue weighted by Gasteiger charge is -2.07. The Morgan fingerprint density at radius 2 is 2.19 bits per heavy atom. The number of ether oxygens (including phenoxy) is 1. The van der Waals surface area contributed by atoms with Gasteiger partial charge in [-0.2, -0.15) is 0 Å². The highest BCUT2D eigenvalue weighted by Gasteiger charge is 2.14. The van der Waals surface area contributed by atoms with Gasteiger partial charge in [-0.25, -0.2) is 0 Å². The molecular weight excluding hydrogens is 276 g/mol. The van der Waals surface area contributed by atoms with Crippen LogP contribution in [-0.4, -0.2) is 17.4 Å². The minimum absolute atomic E-state index is 0.000926. The quantitative estimate of drug-likeness (QED) is 0.885. The molecule has 16 heavy (non-hydrogen) atoms. The molecule has 1 aromatic heterocycles. The summed E-state index contributed by atoms with van der Waals surface area (Å²) in [5.41, 5.74) is 6.37. The molecule has 3 N–H and O–H groups in total. The first kappa shape index (κ1) is 10.8. The van der Waals surface area contributed by atoms with E-state index in [1.165, 1.54) is 13.2 Å². The van der Waals surface area contributed by atoms with Crippen molar-refractivity contribution in [1.29, 1.82) is 0 Å². The van der Waals surface area contributed by atoms with E-state index in [1.807, 2.05) is 0 Å².